The second-order valence-electron chi connectivity index (χ2n) is 5.34. The van der Waals surface area contributed by atoms with E-state index in [1.54, 1.807) is 19.2 Å². The maximum atomic E-state index is 12.8. The van der Waals surface area contributed by atoms with Crippen molar-refractivity contribution in [2.75, 3.05) is 7.11 Å². The molecule has 5 nitrogen and oxygen atoms in total. The first kappa shape index (κ1) is 15.8. The predicted octanol–water partition coefficient (Wildman–Crippen LogP) is 3.03. The van der Waals surface area contributed by atoms with Gasteiger partial charge in [-0.1, -0.05) is 35.1 Å². The molecule has 0 aliphatic carbocycles. The van der Waals surface area contributed by atoms with Crippen molar-refractivity contribution in [1.29, 1.82) is 0 Å². The number of ether oxygens (including phenoxy) is 1. The van der Waals surface area contributed by atoms with Gasteiger partial charge in [0.15, 0.2) is 5.82 Å². The number of thiazole rings is 1. The van der Waals surface area contributed by atoms with Crippen LogP contribution in [0.25, 0.3) is 22.4 Å². The molecule has 2 aromatic carbocycles. The molecule has 2 aromatic heterocycles. The molecule has 0 N–H and O–H groups in total. The predicted molar refractivity (Wildman–Crippen MR) is 99.4 cm³/mol. The van der Waals surface area contributed by atoms with E-state index in [2.05, 4.69) is 10.2 Å². The number of fused-ring (bicyclic) bond motifs is 1. The molecular formula is C18H12ClN3O2S. The zero-order valence-corrected chi connectivity index (χ0v) is 14.7. The quantitative estimate of drug-likeness (QED) is 0.557. The molecule has 0 saturated carbocycles. The fourth-order valence-electron chi connectivity index (χ4n) is 2.53. The summed E-state index contributed by atoms with van der Waals surface area (Å²) in [6, 6.07) is 14.7. The molecule has 4 aromatic rings. The third kappa shape index (κ3) is 2.90. The highest BCUT2D eigenvalue weighted by Gasteiger charge is 2.14. The summed E-state index contributed by atoms with van der Waals surface area (Å²) < 4.78 is 7.34. The minimum absolute atomic E-state index is 0.141. The van der Waals surface area contributed by atoms with Gasteiger partial charge in [-0.3, -0.25) is 4.79 Å². The molecule has 124 valence electrons. The standard InChI is InChI=1S/C18H12ClN3O2S/c1-24-14-4-2-3-11(9-14)10-15-17(23)22-16(20-21-18(22)25-15)12-5-7-13(19)8-6-12/h2-10H,1H3/b15-10+. The molecule has 0 fully saturated rings. The van der Waals surface area contributed by atoms with Gasteiger partial charge >= 0.3 is 0 Å². The summed E-state index contributed by atoms with van der Waals surface area (Å²) in [6.07, 6.45) is 1.83. The highest BCUT2D eigenvalue weighted by molar-refractivity contribution is 7.15. The van der Waals surface area contributed by atoms with Gasteiger partial charge in [0.2, 0.25) is 4.96 Å². The van der Waals surface area contributed by atoms with E-state index in [1.165, 1.54) is 15.7 Å². The normalized spacial score (nSPS) is 12.0. The van der Waals surface area contributed by atoms with Crippen molar-refractivity contribution in [3.63, 3.8) is 0 Å². The molecule has 0 amide bonds. The van der Waals surface area contributed by atoms with Gasteiger partial charge in [0, 0.05) is 10.6 Å². The van der Waals surface area contributed by atoms with Crippen molar-refractivity contribution in [3.8, 4) is 17.1 Å². The zero-order valence-electron chi connectivity index (χ0n) is 13.1. The molecule has 4 rings (SSSR count). The second-order valence-corrected chi connectivity index (χ2v) is 6.79. The minimum atomic E-state index is -0.141. The Bertz CT molecular complexity index is 1170. The molecule has 0 aliphatic heterocycles. The van der Waals surface area contributed by atoms with E-state index in [4.69, 9.17) is 16.3 Å². The van der Waals surface area contributed by atoms with Crippen molar-refractivity contribution in [1.82, 2.24) is 14.6 Å². The Hall–Kier alpha value is -2.70. The molecule has 0 spiro atoms. The van der Waals surface area contributed by atoms with Gasteiger partial charge in [0.1, 0.15) is 5.75 Å². The number of nitrogens with zero attached hydrogens (tertiary/aromatic N) is 3. The van der Waals surface area contributed by atoms with E-state index in [-0.39, 0.29) is 5.56 Å². The van der Waals surface area contributed by atoms with Crippen LogP contribution >= 0.6 is 22.9 Å². The fourth-order valence-corrected chi connectivity index (χ4v) is 3.57. The van der Waals surface area contributed by atoms with Gasteiger partial charge in [-0.25, -0.2) is 4.40 Å². The van der Waals surface area contributed by atoms with Gasteiger partial charge in [-0.15, -0.1) is 10.2 Å². The molecule has 0 saturated heterocycles. The SMILES string of the molecule is COc1cccc(/C=c2/sc3nnc(-c4ccc(Cl)cc4)n3c2=O)c1. The monoisotopic (exact) mass is 369 g/mol. The third-order valence-electron chi connectivity index (χ3n) is 3.74. The van der Waals surface area contributed by atoms with Crippen molar-refractivity contribution < 1.29 is 4.74 Å². The largest absolute Gasteiger partial charge is 0.497 e. The number of aromatic nitrogens is 3. The lowest BCUT2D eigenvalue weighted by atomic mass is 10.2. The van der Waals surface area contributed by atoms with E-state index in [0.717, 1.165) is 16.9 Å². The molecule has 0 atom stereocenters. The third-order valence-corrected chi connectivity index (χ3v) is 4.95. The van der Waals surface area contributed by atoms with Crippen LogP contribution in [0.3, 0.4) is 0 Å². The van der Waals surface area contributed by atoms with Crippen LogP contribution in [0.4, 0.5) is 0 Å². The van der Waals surface area contributed by atoms with Crippen molar-refractivity contribution in [3.05, 3.63) is 74.0 Å². The van der Waals surface area contributed by atoms with Crippen LogP contribution in [0, 0.1) is 0 Å². The lowest BCUT2D eigenvalue weighted by Gasteiger charge is -1.99. The highest BCUT2D eigenvalue weighted by atomic mass is 35.5. The van der Waals surface area contributed by atoms with Crippen molar-refractivity contribution in [2.45, 2.75) is 0 Å². The minimum Gasteiger partial charge on any atom is -0.497 e. The summed E-state index contributed by atoms with van der Waals surface area (Å²) >= 11 is 7.23. The number of rotatable bonds is 3. The Morgan fingerprint density at radius 3 is 2.72 bits per heavy atom. The van der Waals surface area contributed by atoms with Crippen LogP contribution < -0.4 is 14.8 Å². The van der Waals surface area contributed by atoms with Gasteiger partial charge < -0.3 is 4.74 Å². The molecule has 0 aliphatic rings. The zero-order chi connectivity index (χ0) is 17.4. The molecule has 0 bridgehead atoms. The van der Waals surface area contributed by atoms with Crippen LogP contribution in [0.15, 0.2) is 53.3 Å². The fraction of sp³-hybridized carbons (Fsp3) is 0.0556. The molecular weight excluding hydrogens is 358 g/mol. The highest BCUT2D eigenvalue weighted by Crippen LogP contribution is 2.20. The van der Waals surface area contributed by atoms with Gasteiger partial charge in [-0.2, -0.15) is 0 Å². The Kier molecular flexibility index (Phi) is 3.99. The van der Waals surface area contributed by atoms with Gasteiger partial charge in [-0.05, 0) is 48.0 Å². The molecule has 25 heavy (non-hydrogen) atoms. The van der Waals surface area contributed by atoms with E-state index in [1.807, 2.05) is 42.5 Å². The van der Waals surface area contributed by atoms with Gasteiger partial charge in [0.25, 0.3) is 5.56 Å². The Balaban J connectivity index is 1.87. The average molecular weight is 370 g/mol. The van der Waals surface area contributed by atoms with Crippen LogP contribution in [0.5, 0.6) is 5.75 Å². The first-order chi connectivity index (χ1) is 12.2. The molecule has 0 radical (unpaired) electrons. The maximum Gasteiger partial charge on any atom is 0.276 e. The number of hydrogen-bond donors (Lipinski definition) is 0. The summed E-state index contributed by atoms with van der Waals surface area (Å²) in [5, 5.41) is 8.90. The van der Waals surface area contributed by atoms with Crippen LogP contribution in [-0.2, 0) is 0 Å². The van der Waals surface area contributed by atoms with Crippen LogP contribution in [0.1, 0.15) is 5.56 Å². The Morgan fingerprint density at radius 1 is 1.16 bits per heavy atom. The lowest BCUT2D eigenvalue weighted by molar-refractivity contribution is 0.414. The van der Waals surface area contributed by atoms with Crippen molar-refractivity contribution >= 4 is 34.0 Å². The topological polar surface area (TPSA) is 56.5 Å². The lowest BCUT2D eigenvalue weighted by Crippen LogP contribution is -2.23. The van der Waals surface area contributed by atoms with E-state index in [9.17, 15) is 4.79 Å². The van der Waals surface area contributed by atoms with E-state index >= 15 is 0 Å². The number of benzene rings is 2. The Labute approximate surface area is 151 Å². The Morgan fingerprint density at radius 2 is 1.96 bits per heavy atom. The van der Waals surface area contributed by atoms with Crippen molar-refractivity contribution in [2.24, 2.45) is 0 Å². The average Bonchev–Trinajstić information content (AvgIpc) is 3.17. The van der Waals surface area contributed by atoms with E-state index in [0.29, 0.717) is 20.3 Å². The van der Waals surface area contributed by atoms with Crippen LogP contribution in [0.2, 0.25) is 5.02 Å². The van der Waals surface area contributed by atoms with Gasteiger partial charge in [0.05, 0.1) is 11.6 Å². The summed E-state index contributed by atoms with van der Waals surface area (Å²) in [5.41, 5.74) is 1.54. The summed E-state index contributed by atoms with van der Waals surface area (Å²) in [4.78, 5) is 13.4. The number of methoxy groups -OCH3 is 1. The maximum absolute atomic E-state index is 12.8. The second kappa shape index (κ2) is 6.31. The first-order valence-electron chi connectivity index (χ1n) is 7.45. The van der Waals surface area contributed by atoms with E-state index < -0.39 is 0 Å². The number of halogens is 1. The summed E-state index contributed by atoms with van der Waals surface area (Å²) in [5.74, 6) is 1.25. The molecule has 7 heteroatoms. The molecule has 0 unspecified atom stereocenters. The summed E-state index contributed by atoms with van der Waals surface area (Å²) in [7, 11) is 1.61. The first-order valence-corrected chi connectivity index (χ1v) is 8.65. The number of hydrogen-bond acceptors (Lipinski definition) is 5. The molecule has 2 heterocycles. The van der Waals surface area contributed by atoms with Crippen LogP contribution in [-0.4, -0.2) is 21.7 Å². The summed E-state index contributed by atoms with van der Waals surface area (Å²) in [6.45, 7) is 0. The smallest absolute Gasteiger partial charge is 0.276 e.